The van der Waals surface area contributed by atoms with Crippen LogP contribution in [0.25, 0.3) is 0 Å². The topological polar surface area (TPSA) is 23.5 Å². The number of aliphatic hydroxyl groups excluding tert-OH is 1. The number of hydrogen-bond acceptors (Lipinski definition) is 2. The lowest BCUT2D eigenvalue weighted by Gasteiger charge is -2.23. The summed E-state index contributed by atoms with van der Waals surface area (Å²) in [5.41, 5.74) is 1.11. The van der Waals surface area contributed by atoms with Crippen LogP contribution >= 0.6 is 15.9 Å². The lowest BCUT2D eigenvalue weighted by molar-refractivity contribution is 0.189. The van der Waals surface area contributed by atoms with Crippen LogP contribution in [0.5, 0.6) is 0 Å². The van der Waals surface area contributed by atoms with E-state index in [1.807, 2.05) is 12.1 Å². The Morgan fingerprint density at radius 1 is 1.47 bits per heavy atom. The molecule has 1 aliphatic heterocycles. The van der Waals surface area contributed by atoms with Gasteiger partial charge in [-0.25, -0.2) is 4.39 Å². The van der Waals surface area contributed by atoms with Crippen molar-refractivity contribution in [3.05, 3.63) is 34.1 Å². The molecular formula is C13H17BrFNO. The lowest BCUT2D eigenvalue weighted by Crippen LogP contribution is -2.29. The second kappa shape index (κ2) is 5.94. The fraction of sp³-hybridized carbons (Fsp3) is 0.538. The molecule has 1 aromatic rings. The molecule has 1 saturated heterocycles. The lowest BCUT2D eigenvalue weighted by atomic mass is 10.1. The Bertz CT molecular complexity index is 386. The van der Waals surface area contributed by atoms with Gasteiger partial charge < -0.3 is 5.11 Å². The summed E-state index contributed by atoms with van der Waals surface area (Å²) >= 11 is 3.21. The number of hydrogen-bond donors (Lipinski definition) is 1. The van der Waals surface area contributed by atoms with Crippen molar-refractivity contribution in [3.8, 4) is 0 Å². The summed E-state index contributed by atoms with van der Waals surface area (Å²) in [7, 11) is 0. The van der Waals surface area contributed by atoms with Crippen molar-refractivity contribution in [2.45, 2.75) is 31.8 Å². The summed E-state index contributed by atoms with van der Waals surface area (Å²) in [6.07, 6.45) is 3.18. The number of benzene rings is 1. The molecule has 4 heteroatoms. The van der Waals surface area contributed by atoms with Crippen LogP contribution in [0.3, 0.4) is 0 Å². The first-order chi connectivity index (χ1) is 8.20. The molecule has 2 nitrogen and oxygen atoms in total. The van der Waals surface area contributed by atoms with Gasteiger partial charge in [0.2, 0.25) is 0 Å². The van der Waals surface area contributed by atoms with E-state index >= 15 is 0 Å². The summed E-state index contributed by atoms with van der Waals surface area (Å²) in [4.78, 5) is 2.37. The largest absolute Gasteiger partial charge is 0.396 e. The molecule has 1 fully saturated rings. The van der Waals surface area contributed by atoms with Crippen molar-refractivity contribution in [2.75, 3.05) is 13.2 Å². The third-order valence-electron chi connectivity index (χ3n) is 3.33. The van der Waals surface area contributed by atoms with Crippen molar-refractivity contribution in [2.24, 2.45) is 0 Å². The van der Waals surface area contributed by atoms with Gasteiger partial charge >= 0.3 is 0 Å². The van der Waals surface area contributed by atoms with Crippen LogP contribution < -0.4 is 0 Å². The monoisotopic (exact) mass is 301 g/mol. The molecular weight excluding hydrogens is 285 g/mol. The summed E-state index contributed by atoms with van der Waals surface area (Å²) in [6, 6.07) is 5.64. The van der Waals surface area contributed by atoms with Crippen LogP contribution in [-0.2, 0) is 6.54 Å². The van der Waals surface area contributed by atoms with E-state index < -0.39 is 0 Å². The van der Waals surface area contributed by atoms with E-state index in [9.17, 15) is 4.39 Å². The molecule has 1 atom stereocenters. The molecule has 2 rings (SSSR count). The van der Waals surface area contributed by atoms with Gasteiger partial charge in [0.25, 0.3) is 0 Å². The van der Waals surface area contributed by atoms with E-state index in [4.69, 9.17) is 5.11 Å². The average molecular weight is 302 g/mol. The van der Waals surface area contributed by atoms with Gasteiger partial charge in [0.1, 0.15) is 5.82 Å². The summed E-state index contributed by atoms with van der Waals surface area (Å²) in [5, 5.41) is 9.01. The molecule has 94 valence electrons. The van der Waals surface area contributed by atoms with Gasteiger partial charge in [-0.2, -0.15) is 0 Å². The number of likely N-dealkylation sites (tertiary alicyclic amines) is 1. The van der Waals surface area contributed by atoms with E-state index in [0.717, 1.165) is 31.5 Å². The molecule has 0 aliphatic carbocycles. The Morgan fingerprint density at radius 3 is 3.00 bits per heavy atom. The first-order valence-electron chi connectivity index (χ1n) is 5.99. The van der Waals surface area contributed by atoms with E-state index in [2.05, 4.69) is 20.8 Å². The predicted octanol–water partition coefficient (Wildman–Crippen LogP) is 2.94. The van der Waals surface area contributed by atoms with Gasteiger partial charge in [-0.1, -0.05) is 6.07 Å². The predicted molar refractivity (Wildman–Crippen MR) is 69.2 cm³/mol. The highest BCUT2D eigenvalue weighted by molar-refractivity contribution is 9.10. The van der Waals surface area contributed by atoms with Crippen LogP contribution in [0.4, 0.5) is 4.39 Å². The minimum absolute atomic E-state index is 0.220. The van der Waals surface area contributed by atoms with Crippen LogP contribution in [0.2, 0.25) is 0 Å². The standard InChI is InChI=1S/C13H17BrFNO/c14-12-8-10(3-4-13(12)15)9-16-6-1-2-11(16)5-7-17/h3-4,8,11,17H,1-2,5-7,9H2. The third-order valence-corrected chi connectivity index (χ3v) is 3.94. The maximum absolute atomic E-state index is 13.1. The Hall–Kier alpha value is -0.450. The first kappa shape index (κ1) is 13.0. The van der Waals surface area contributed by atoms with Gasteiger partial charge in [0.05, 0.1) is 4.47 Å². The van der Waals surface area contributed by atoms with Gasteiger partial charge in [-0.05, 0) is 59.4 Å². The Labute approximate surface area is 110 Å². The zero-order valence-corrected chi connectivity index (χ0v) is 11.3. The third kappa shape index (κ3) is 3.27. The van der Waals surface area contributed by atoms with Crippen molar-refractivity contribution in [3.63, 3.8) is 0 Å². The fourth-order valence-electron chi connectivity index (χ4n) is 2.45. The van der Waals surface area contributed by atoms with Crippen molar-refractivity contribution in [1.82, 2.24) is 4.90 Å². The maximum Gasteiger partial charge on any atom is 0.137 e. The van der Waals surface area contributed by atoms with Crippen molar-refractivity contribution in [1.29, 1.82) is 0 Å². The molecule has 0 aromatic heterocycles. The molecule has 0 spiro atoms. The van der Waals surface area contributed by atoms with E-state index in [1.54, 1.807) is 0 Å². The summed E-state index contributed by atoms with van der Waals surface area (Å²) in [6.45, 7) is 2.15. The normalized spacial score (nSPS) is 21.0. The molecule has 1 heterocycles. The molecule has 1 N–H and O–H groups in total. The van der Waals surface area contributed by atoms with E-state index in [0.29, 0.717) is 10.5 Å². The summed E-state index contributed by atoms with van der Waals surface area (Å²) in [5.74, 6) is -0.220. The molecule has 1 aromatic carbocycles. The second-order valence-corrected chi connectivity index (χ2v) is 5.38. The number of nitrogens with zero attached hydrogens (tertiary/aromatic N) is 1. The van der Waals surface area contributed by atoms with Crippen molar-refractivity contribution < 1.29 is 9.50 Å². The number of halogens is 2. The van der Waals surface area contributed by atoms with E-state index in [1.165, 1.54) is 12.5 Å². The van der Waals surface area contributed by atoms with Crippen molar-refractivity contribution >= 4 is 15.9 Å². The van der Waals surface area contributed by atoms with Gasteiger partial charge in [0, 0.05) is 19.2 Å². The zero-order valence-electron chi connectivity index (χ0n) is 9.70. The van der Waals surface area contributed by atoms with Gasteiger partial charge in [0.15, 0.2) is 0 Å². The average Bonchev–Trinajstić information content (AvgIpc) is 2.72. The van der Waals surface area contributed by atoms with Crippen LogP contribution in [0.15, 0.2) is 22.7 Å². The molecule has 0 amide bonds. The van der Waals surface area contributed by atoms with Gasteiger partial charge in [-0.3, -0.25) is 4.90 Å². The maximum atomic E-state index is 13.1. The highest BCUT2D eigenvalue weighted by Crippen LogP contribution is 2.24. The van der Waals surface area contributed by atoms with Gasteiger partial charge in [-0.15, -0.1) is 0 Å². The number of rotatable bonds is 4. The minimum atomic E-state index is -0.220. The molecule has 17 heavy (non-hydrogen) atoms. The second-order valence-electron chi connectivity index (χ2n) is 4.53. The smallest absolute Gasteiger partial charge is 0.137 e. The highest BCUT2D eigenvalue weighted by Gasteiger charge is 2.23. The quantitative estimate of drug-likeness (QED) is 0.924. The molecule has 1 unspecified atom stereocenters. The SMILES string of the molecule is OCCC1CCCN1Cc1ccc(F)c(Br)c1. The first-order valence-corrected chi connectivity index (χ1v) is 6.79. The Balaban J connectivity index is 2.02. The zero-order chi connectivity index (χ0) is 12.3. The molecule has 0 radical (unpaired) electrons. The fourth-order valence-corrected chi connectivity index (χ4v) is 2.88. The van der Waals surface area contributed by atoms with Crippen LogP contribution in [0.1, 0.15) is 24.8 Å². The van der Waals surface area contributed by atoms with Crippen LogP contribution in [0, 0.1) is 5.82 Å². The Morgan fingerprint density at radius 2 is 2.29 bits per heavy atom. The van der Waals surface area contributed by atoms with E-state index in [-0.39, 0.29) is 12.4 Å². The highest BCUT2D eigenvalue weighted by atomic mass is 79.9. The number of aliphatic hydroxyl groups is 1. The summed E-state index contributed by atoms with van der Waals surface area (Å²) < 4.78 is 13.6. The molecule has 0 bridgehead atoms. The van der Waals surface area contributed by atoms with Crippen LogP contribution in [-0.4, -0.2) is 29.2 Å². The minimum Gasteiger partial charge on any atom is -0.396 e. The molecule has 1 aliphatic rings. The molecule has 0 saturated carbocycles. The Kier molecular flexibility index (Phi) is 4.54.